The lowest BCUT2D eigenvalue weighted by atomic mass is 9.66. The summed E-state index contributed by atoms with van der Waals surface area (Å²) in [6.45, 7) is 0.578. The number of carbonyl (C=O) groups excluding carboxylic acids is 2. The van der Waals surface area contributed by atoms with E-state index in [2.05, 4.69) is 29.6 Å². The van der Waals surface area contributed by atoms with Gasteiger partial charge in [-0.15, -0.1) is 0 Å². The van der Waals surface area contributed by atoms with Crippen LogP contribution >= 0.6 is 0 Å². The fourth-order valence-electron chi connectivity index (χ4n) is 5.62. The number of alkyl carbamates (subject to hydrolysis) is 1. The van der Waals surface area contributed by atoms with Gasteiger partial charge in [0.05, 0.1) is 6.54 Å². The van der Waals surface area contributed by atoms with E-state index >= 15 is 0 Å². The number of aliphatic carboxylic acids is 1. The van der Waals surface area contributed by atoms with E-state index in [0.29, 0.717) is 6.54 Å². The molecule has 3 aliphatic rings. The molecular weight excluding hydrogens is 448 g/mol. The van der Waals surface area contributed by atoms with Gasteiger partial charge in [-0.2, -0.15) is 0 Å². The summed E-state index contributed by atoms with van der Waals surface area (Å²) in [5, 5.41) is 22.2. The second-order valence-electron chi connectivity index (χ2n) is 10.1. The quantitative estimate of drug-likeness (QED) is 0.563. The predicted octanol–water partition coefficient (Wildman–Crippen LogP) is 3.13. The van der Waals surface area contributed by atoms with Crippen molar-refractivity contribution in [1.82, 2.24) is 10.2 Å². The maximum absolute atomic E-state index is 12.8. The number of nitrogens with one attached hydrogen (secondary N) is 1. The van der Waals surface area contributed by atoms with Crippen LogP contribution in [0.1, 0.15) is 49.1 Å². The van der Waals surface area contributed by atoms with Crippen molar-refractivity contribution in [2.45, 2.75) is 43.6 Å². The summed E-state index contributed by atoms with van der Waals surface area (Å²) in [4.78, 5) is 38.1. The number of fused-ring (bicyclic) bond motifs is 3. The van der Waals surface area contributed by atoms with Crippen LogP contribution in [0.5, 0.6) is 0 Å². The summed E-state index contributed by atoms with van der Waals surface area (Å²) in [5.41, 5.74) is 2.40. The molecule has 1 atom stereocenters. The molecule has 2 aliphatic carbocycles. The van der Waals surface area contributed by atoms with Crippen molar-refractivity contribution in [3.8, 4) is 11.1 Å². The lowest BCUT2D eigenvalue weighted by Crippen LogP contribution is -2.47. The molecule has 2 aromatic carbocycles. The van der Waals surface area contributed by atoms with E-state index in [0.717, 1.165) is 30.4 Å². The molecule has 2 aromatic rings. The first-order chi connectivity index (χ1) is 16.8. The fraction of sp³-hybridized carbons (Fsp3) is 0.444. The number of nitrogens with zero attached hydrogens (tertiary/aromatic N) is 1. The van der Waals surface area contributed by atoms with Crippen LogP contribution in [-0.2, 0) is 14.3 Å². The lowest BCUT2D eigenvalue weighted by molar-refractivity contribution is -0.157. The molecule has 0 aromatic heterocycles. The molecule has 184 valence electrons. The van der Waals surface area contributed by atoms with Crippen LogP contribution in [-0.4, -0.2) is 64.9 Å². The van der Waals surface area contributed by atoms with Gasteiger partial charge in [-0.25, -0.2) is 9.59 Å². The predicted molar refractivity (Wildman–Crippen MR) is 128 cm³/mol. The van der Waals surface area contributed by atoms with Crippen molar-refractivity contribution in [1.29, 1.82) is 0 Å². The summed E-state index contributed by atoms with van der Waals surface area (Å²) in [7, 11) is 0. The number of β-amino-alcohol motifs (C(OH)–C–C–N with tert-alkyl or cyclic N) is 1. The smallest absolute Gasteiger partial charge is 0.407 e. The second-order valence-corrected chi connectivity index (χ2v) is 10.1. The van der Waals surface area contributed by atoms with Crippen LogP contribution in [0.25, 0.3) is 11.1 Å². The van der Waals surface area contributed by atoms with Crippen molar-refractivity contribution in [3.63, 3.8) is 0 Å². The summed E-state index contributed by atoms with van der Waals surface area (Å²) in [6, 6.07) is 16.3. The molecular formula is C27H30N2O6. The Morgan fingerprint density at radius 2 is 1.63 bits per heavy atom. The highest BCUT2D eigenvalue weighted by Crippen LogP contribution is 2.45. The number of ether oxygens (including phenoxy) is 1. The second kappa shape index (κ2) is 9.00. The Morgan fingerprint density at radius 1 is 1.00 bits per heavy atom. The van der Waals surface area contributed by atoms with Gasteiger partial charge in [-0.1, -0.05) is 55.0 Å². The Kier molecular flexibility index (Phi) is 6.01. The Bertz CT molecular complexity index is 1110. The largest absolute Gasteiger partial charge is 0.479 e. The first-order valence-electron chi connectivity index (χ1n) is 12.1. The highest BCUT2D eigenvalue weighted by molar-refractivity contribution is 5.83. The van der Waals surface area contributed by atoms with E-state index in [9.17, 15) is 24.6 Å². The maximum Gasteiger partial charge on any atom is 0.407 e. The van der Waals surface area contributed by atoms with Crippen molar-refractivity contribution in [3.05, 3.63) is 59.7 Å². The Balaban J connectivity index is 1.15. The molecule has 2 amide bonds. The fourth-order valence-corrected chi connectivity index (χ4v) is 5.62. The minimum absolute atomic E-state index is 0.0180. The number of benzene rings is 2. The zero-order valence-corrected chi connectivity index (χ0v) is 19.5. The SMILES string of the molecule is O=C(NCC1(CC(=O)N2CCC(O)(C(=O)O)C2)CCC1)OCC1c2ccccc2-c2ccccc21. The van der Waals surface area contributed by atoms with Crippen LogP contribution in [0.2, 0.25) is 0 Å². The standard InChI is InChI=1S/C27H30N2O6/c30-23(29-13-12-27(34,17-29)24(31)32)14-26(10-5-11-26)16-28-25(33)35-15-22-20-8-3-1-6-18(20)19-7-2-4-9-21(19)22/h1-4,6-9,22,34H,5,10-17H2,(H,28,33)(H,31,32). The van der Waals surface area contributed by atoms with Crippen molar-refractivity contribution in [2.24, 2.45) is 5.41 Å². The first-order valence-corrected chi connectivity index (χ1v) is 12.1. The number of likely N-dealkylation sites (tertiary alicyclic amines) is 1. The third-order valence-electron chi connectivity index (χ3n) is 7.89. The van der Waals surface area contributed by atoms with Crippen LogP contribution in [0.4, 0.5) is 4.79 Å². The molecule has 8 heteroatoms. The van der Waals surface area contributed by atoms with Gasteiger partial charge in [-0.3, -0.25) is 4.79 Å². The molecule has 5 rings (SSSR count). The number of hydrogen-bond acceptors (Lipinski definition) is 5. The van der Waals surface area contributed by atoms with E-state index in [-0.39, 0.29) is 49.8 Å². The normalized spacial score (nSPS) is 22.1. The molecule has 2 fully saturated rings. The number of aliphatic hydroxyl groups is 1. The molecule has 0 spiro atoms. The minimum Gasteiger partial charge on any atom is -0.479 e. The van der Waals surface area contributed by atoms with Gasteiger partial charge < -0.3 is 25.2 Å². The van der Waals surface area contributed by atoms with Crippen molar-refractivity contribution >= 4 is 18.0 Å². The van der Waals surface area contributed by atoms with Gasteiger partial charge in [0.25, 0.3) is 0 Å². The Labute approximate surface area is 203 Å². The van der Waals surface area contributed by atoms with Crippen LogP contribution < -0.4 is 5.32 Å². The van der Waals surface area contributed by atoms with Crippen molar-refractivity contribution in [2.75, 3.05) is 26.2 Å². The van der Waals surface area contributed by atoms with Gasteiger partial charge in [0.2, 0.25) is 5.91 Å². The molecule has 3 N–H and O–H groups in total. The highest BCUT2D eigenvalue weighted by atomic mass is 16.5. The number of hydrogen-bond donors (Lipinski definition) is 3. The number of carboxylic acids is 1. The van der Waals surface area contributed by atoms with Gasteiger partial charge in [-0.05, 0) is 40.5 Å². The first kappa shape index (κ1) is 23.4. The van der Waals surface area contributed by atoms with E-state index in [1.807, 2.05) is 24.3 Å². The summed E-state index contributed by atoms with van der Waals surface area (Å²) in [5.74, 6) is -1.50. The van der Waals surface area contributed by atoms with Crippen LogP contribution in [0, 0.1) is 5.41 Å². The molecule has 0 bridgehead atoms. The van der Waals surface area contributed by atoms with E-state index in [1.54, 1.807) is 0 Å². The Hall–Kier alpha value is -3.39. The molecule has 1 heterocycles. The topological polar surface area (TPSA) is 116 Å². The maximum atomic E-state index is 12.8. The summed E-state index contributed by atoms with van der Waals surface area (Å²) in [6.07, 6.45) is 2.32. The summed E-state index contributed by atoms with van der Waals surface area (Å²) >= 11 is 0. The molecule has 8 nitrogen and oxygen atoms in total. The average Bonchev–Trinajstić information content (AvgIpc) is 3.39. The van der Waals surface area contributed by atoms with Crippen molar-refractivity contribution < 1.29 is 29.3 Å². The van der Waals surface area contributed by atoms with Crippen LogP contribution in [0.15, 0.2) is 48.5 Å². The zero-order chi connectivity index (χ0) is 24.6. The van der Waals surface area contributed by atoms with Gasteiger partial charge in [0, 0.05) is 31.8 Å². The molecule has 0 radical (unpaired) electrons. The monoisotopic (exact) mass is 478 g/mol. The lowest BCUT2D eigenvalue weighted by Gasteiger charge is -2.42. The number of amides is 2. The molecule has 1 saturated carbocycles. The van der Waals surface area contributed by atoms with E-state index in [4.69, 9.17) is 4.74 Å². The molecule has 1 saturated heterocycles. The zero-order valence-electron chi connectivity index (χ0n) is 19.5. The van der Waals surface area contributed by atoms with Gasteiger partial charge in [0.15, 0.2) is 5.60 Å². The minimum atomic E-state index is -1.87. The van der Waals surface area contributed by atoms with Crippen LogP contribution in [0.3, 0.4) is 0 Å². The summed E-state index contributed by atoms with van der Waals surface area (Å²) < 4.78 is 5.62. The number of carboxylic acid groups (broad SMARTS) is 1. The van der Waals surface area contributed by atoms with Gasteiger partial charge >= 0.3 is 12.1 Å². The van der Waals surface area contributed by atoms with E-state index in [1.165, 1.54) is 16.0 Å². The van der Waals surface area contributed by atoms with Gasteiger partial charge in [0.1, 0.15) is 6.61 Å². The number of carbonyl (C=O) groups is 3. The Morgan fingerprint density at radius 3 is 2.17 bits per heavy atom. The third-order valence-corrected chi connectivity index (χ3v) is 7.89. The average molecular weight is 479 g/mol. The molecule has 1 aliphatic heterocycles. The van der Waals surface area contributed by atoms with E-state index < -0.39 is 17.7 Å². The molecule has 1 unspecified atom stereocenters. The number of rotatable bonds is 7. The third kappa shape index (κ3) is 4.38. The molecule has 35 heavy (non-hydrogen) atoms. The highest BCUT2D eigenvalue weighted by Gasteiger charge is 2.47.